The summed E-state index contributed by atoms with van der Waals surface area (Å²) < 4.78 is 37.8. The molecule has 1 unspecified atom stereocenters. The van der Waals surface area contributed by atoms with E-state index in [9.17, 15) is 18.0 Å². The number of hydrogen-bond donors (Lipinski definition) is 0. The molecule has 1 aromatic heterocycles. The van der Waals surface area contributed by atoms with E-state index in [1.54, 1.807) is 18.2 Å². The van der Waals surface area contributed by atoms with Crippen molar-refractivity contribution in [1.29, 1.82) is 0 Å². The van der Waals surface area contributed by atoms with Gasteiger partial charge in [0, 0.05) is 12.4 Å². The second-order valence-electron chi connectivity index (χ2n) is 3.66. The van der Waals surface area contributed by atoms with Crippen LogP contribution < -0.4 is 4.90 Å². The molecule has 2 heterocycles. The van der Waals surface area contributed by atoms with Crippen molar-refractivity contribution in [2.75, 3.05) is 4.90 Å². The van der Waals surface area contributed by atoms with Crippen molar-refractivity contribution in [2.24, 2.45) is 0 Å². The Hall–Kier alpha value is -2.11. The van der Waals surface area contributed by atoms with Crippen molar-refractivity contribution in [2.45, 2.75) is 12.2 Å². The third kappa shape index (κ3) is 2.42. The normalized spacial score (nSPS) is 19.6. The minimum Gasteiger partial charge on any atom is -0.319 e. The Kier molecular flexibility index (Phi) is 3.18. The Morgan fingerprint density at radius 3 is 2.67 bits per heavy atom. The van der Waals surface area contributed by atoms with Gasteiger partial charge in [-0.1, -0.05) is 18.2 Å². The number of aldehydes is 1. The number of alkyl halides is 3. The molecule has 0 bridgehead atoms. The second kappa shape index (κ2) is 4.64. The molecule has 1 aliphatic rings. The van der Waals surface area contributed by atoms with Crippen LogP contribution in [0.1, 0.15) is 0 Å². The summed E-state index contributed by atoms with van der Waals surface area (Å²) >= 11 is 0. The number of aromatic nitrogens is 1. The van der Waals surface area contributed by atoms with E-state index >= 15 is 0 Å². The predicted molar refractivity (Wildman–Crippen MR) is 59.8 cm³/mol. The molecule has 0 fully saturated rings. The van der Waals surface area contributed by atoms with Gasteiger partial charge in [-0.2, -0.15) is 13.2 Å². The molecule has 0 aromatic carbocycles. The fourth-order valence-corrected chi connectivity index (χ4v) is 1.58. The third-order valence-corrected chi connectivity index (χ3v) is 2.45. The van der Waals surface area contributed by atoms with E-state index in [1.807, 2.05) is 0 Å². The zero-order chi connectivity index (χ0) is 13.2. The Morgan fingerprint density at radius 2 is 2.11 bits per heavy atom. The molecule has 0 saturated carbocycles. The van der Waals surface area contributed by atoms with E-state index in [1.165, 1.54) is 17.2 Å². The molecule has 1 atom stereocenters. The molecular weight excluding hydrogens is 245 g/mol. The largest absolute Gasteiger partial charge is 0.417 e. The van der Waals surface area contributed by atoms with Crippen LogP contribution >= 0.6 is 0 Å². The zero-order valence-corrected chi connectivity index (χ0v) is 9.13. The summed E-state index contributed by atoms with van der Waals surface area (Å²) in [5.74, 6) is 0.292. The molecule has 1 aliphatic heterocycles. The predicted octanol–water partition coefficient (Wildman–Crippen LogP) is 2.47. The Balaban J connectivity index is 2.39. The first-order valence-electron chi connectivity index (χ1n) is 5.14. The van der Waals surface area contributed by atoms with Crippen LogP contribution in [0.25, 0.3) is 0 Å². The summed E-state index contributed by atoms with van der Waals surface area (Å²) in [6.45, 7) is 0. The van der Waals surface area contributed by atoms with Gasteiger partial charge in [-0.15, -0.1) is 0 Å². The number of allylic oxidation sites excluding steroid dienone is 2. The summed E-state index contributed by atoms with van der Waals surface area (Å²) in [6.07, 6.45) is 0.563. The van der Waals surface area contributed by atoms with Gasteiger partial charge in [-0.05, 0) is 12.1 Å². The Labute approximate surface area is 101 Å². The van der Waals surface area contributed by atoms with Crippen LogP contribution in [0.2, 0.25) is 0 Å². The van der Waals surface area contributed by atoms with Gasteiger partial charge in [-0.25, -0.2) is 4.98 Å². The summed E-state index contributed by atoms with van der Waals surface area (Å²) in [6, 6.07) is 4.06. The number of carbonyl (C=O) groups excluding carboxylic acids is 1. The Bertz CT molecular complexity index is 494. The van der Waals surface area contributed by atoms with Gasteiger partial charge in [0.25, 0.3) is 0 Å². The molecule has 6 heteroatoms. The third-order valence-electron chi connectivity index (χ3n) is 2.45. The molecule has 0 radical (unpaired) electrons. The van der Waals surface area contributed by atoms with E-state index < -0.39 is 17.8 Å². The fraction of sp³-hybridized carbons (Fsp3) is 0.167. The van der Waals surface area contributed by atoms with Gasteiger partial charge in [0.05, 0.1) is 5.57 Å². The standard InChI is InChI=1S/C12H9F3N2O/c13-12(14,15)9-4-5-10(8-18)17(7-9)11-3-1-2-6-16-11/h1-8,10H. The van der Waals surface area contributed by atoms with Crippen LogP contribution in [0.5, 0.6) is 0 Å². The maximum absolute atomic E-state index is 12.6. The van der Waals surface area contributed by atoms with Crippen molar-refractivity contribution in [3.8, 4) is 0 Å². The summed E-state index contributed by atoms with van der Waals surface area (Å²) in [4.78, 5) is 16.0. The highest BCUT2D eigenvalue weighted by molar-refractivity contribution is 5.71. The lowest BCUT2D eigenvalue weighted by Crippen LogP contribution is -2.34. The van der Waals surface area contributed by atoms with E-state index in [2.05, 4.69) is 4.98 Å². The van der Waals surface area contributed by atoms with Crippen LogP contribution in [-0.2, 0) is 4.79 Å². The lowest BCUT2D eigenvalue weighted by atomic mass is 10.1. The molecule has 94 valence electrons. The number of nitrogens with zero attached hydrogens (tertiary/aromatic N) is 2. The summed E-state index contributed by atoms with van der Waals surface area (Å²) in [5.41, 5.74) is -0.814. The first-order valence-corrected chi connectivity index (χ1v) is 5.14. The van der Waals surface area contributed by atoms with Crippen molar-refractivity contribution in [3.63, 3.8) is 0 Å². The number of halogens is 3. The quantitative estimate of drug-likeness (QED) is 0.760. The highest BCUT2D eigenvalue weighted by Gasteiger charge is 2.35. The van der Waals surface area contributed by atoms with Gasteiger partial charge in [0.15, 0.2) is 0 Å². The topological polar surface area (TPSA) is 33.2 Å². The molecule has 1 aromatic rings. The van der Waals surface area contributed by atoms with E-state index in [4.69, 9.17) is 0 Å². The SMILES string of the molecule is O=CC1C=CC(C(F)(F)F)=CN1c1ccccn1. The second-order valence-corrected chi connectivity index (χ2v) is 3.66. The van der Waals surface area contributed by atoms with Crippen LogP contribution in [-0.4, -0.2) is 23.5 Å². The van der Waals surface area contributed by atoms with Crippen LogP contribution in [0.4, 0.5) is 19.0 Å². The van der Waals surface area contributed by atoms with Gasteiger partial charge >= 0.3 is 6.18 Å². The highest BCUT2D eigenvalue weighted by Crippen LogP contribution is 2.31. The van der Waals surface area contributed by atoms with Gasteiger partial charge < -0.3 is 9.69 Å². The summed E-state index contributed by atoms with van der Waals surface area (Å²) in [5, 5.41) is 0. The summed E-state index contributed by atoms with van der Waals surface area (Å²) in [7, 11) is 0. The molecule has 18 heavy (non-hydrogen) atoms. The molecule has 0 aliphatic carbocycles. The van der Waals surface area contributed by atoms with Crippen molar-refractivity contribution in [1.82, 2.24) is 4.98 Å². The van der Waals surface area contributed by atoms with Gasteiger partial charge in [0.2, 0.25) is 0 Å². The molecule has 0 amide bonds. The average molecular weight is 254 g/mol. The smallest absolute Gasteiger partial charge is 0.319 e. The highest BCUT2D eigenvalue weighted by atomic mass is 19.4. The van der Waals surface area contributed by atoms with Crippen LogP contribution in [0, 0.1) is 0 Å². The van der Waals surface area contributed by atoms with Gasteiger partial charge in [-0.3, -0.25) is 0 Å². The lowest BCUT2D eigenvalue weighted by molar-refractivity contribution is -0.108. The molecule has 0 spiro atoms. The fourth-order valence-electron chi connectivity index (χ4n) is 1.58. The molecule has 2 rings (SSSR count). The number of pyridine rings is 1. The number of rotatable bonds is 2. The monoisotopic (exact) mass is 254 g/mol. The first kappa shape index (κ1) is 12.3. The van der Waals surface area contributed by atoms with Gasteiger partial charge in [0.1, 0.15) is 18.1 Å². The average Bonchev–Trinajstić information content (AvgIpc) is 2.38. The molecule has 0 saturated heterocycles. The number of hydrogen-bond acceptors (Lipinski definition) is 3. The lowest BCUT2D eigenvalue weighted by Gasteiger charge is -2.28. The zero-order valence-electron chi connectivity index (χ0n) is 9.13. The van der Waals surface area contributed by atoms with E-state index in [0.29, 0.717) is 12.1 Å². The van der Waals surface area contributed by atoms with Crippen molar-refractivity contribution >= 4 is 12.1 Å². The molecule has 3 nitrogen and oxygen atoms in total. The van der Waals surface area contributed by atoms with Crippen LogP contribution in [0.15, 0.2) is 48.3 Å². The minimum atomic E-state index is -4.45. The molecular formula is C12H9F3N2O. The maximum Gasteiger partial charge on any atom is 0.417 e. The van der Waals surface area contributed by atoms with E-state index in [0.717, 1.165) is 12.3 Å². The number of anilines is 1. The van der Waals surface area contributed by atoms with Crippen molar-refractivity contribution in [3.05, 3.63) is 48.3 Å². The minimum absolute atomic E-state index is 0.292. The first-order chi connectivity index (χ1) is 8.52. The van der Waals surface area contributed by atoms with Crippen LogP contribution in [0.3, 0.4) is 0 Å². The Morgan fingerprint density at radius 1 is 1.33 bits per heavy atom. The maximum atomic E-state index is 12.6. The van der Waals surface area contributed by atoms with E-state index in [-0.39, 0.29) is 0 Å². The molecule has 0 N–H and O–H groups in total. The van der Waals surface area contributed by atoms with Crippen molar-refractivity contribution < 1.29 is 18.0 Å². The number of carbonyl (C=O) groups is 1.